The van der Waals surface area contributed by atoms with Crippen LogP contribution in [0.25, 0.3) is 16.9 Å². The van der Waals surface area contributed by atoms with E-state index < -0.39 is 18.9 Å². The van der Waals surface area contributed by atoms with Crippen LogP contribution in [0.4, 0.5) is 8.78 Å². The Balaban J connectivity index is 1.83. The summed E-state index contributed by atoms with van der Waals surface area (Å²) < 4.78 is 27.7. The van der Waals surface area contributed by atoms with Crippen molar-refractivity contribution in [1.29, 1.82) is 0 Å². The summed E-state index contributed by atoms with van der Waals surface area (Å²) >= 11 is 6.34. The summed E-state index contributed by atoms with van der Waals surface area (Å²) in [6, 6.07) is 7.19. The summed E-state index contributed by atoms with van der Waals surface area (Å²) in [5.74, 6) is -0.332. The van der Waals surface area contributed by atoms with E-state index in [-0.39, 0.29) is 16.9 Å². The molecule has 0 unspecified atom stereocenters. The van der Waals surface area contributed by atoms with E-state index in [0.29, 0.717) is 28.7 Å². The zero-order valence-electron chi connectivity index (χ0n) is 14.7. The Morgan fingerprint density at radius 1 is 1.29 bits per heavy atom. The number of nitrogens with zero attached hydrogens (tertiary/aromatic N) is 3. The maximum atomic E-state index is 13.1. The number of aromatic nitrogens is 3. The number of nitrogens with one attached hydrogen (secondary N) is 1. The largest absolute Gasteiger partial charge is 0.345 e. The molecule has 1 fully saturated rings. The van der Waals surface area contributed by atoms with Crippen molar-refractivity contribution in [2.24, 2.45) is 5.92 Å². The highest BCUT2D eigenvalue weighted by molar-refractivity contribution is 6.33. The molecule has 146 valence electrons. The molecule has 9 heteroatoms. The number of fused-ring (bicyclic) bond motifs is 1. The average molecular weight is 407 g/mol. The number of carbonyl (C=O) groups is 1. The molecular formula is C19H17ClF2N4O2. The standard InChI is InChI=1S/C19H17ClF2N4O2/c20-13-4-2-1-3-12(13)15-10-25-9-14(18(27)23-7-16(21)22)24-17(25)19(28)26(15)8-11-5-6-11/h1-4,9-11,16H,5-8H2,(H,23,27). The molecule has 0 radical (unpaired) electrons. The molecule has 1 aliphatic rings. The van der Waals surface area contributed by atoms with E-state index in [1.54, 1.807) is 22.9 Å². The van der Waals surface area contributed by atoms with Gasteiger partial charge >= 0.3 is 0 Å². The Labute approximate surface area is 163 Å². The summed E-state index contributed by atoms with van der Waals surface area (Å²) in [6.07, 6.45) is 2.49. The van der Waals surface area contributed by atoms with Crippen molar-refractivity contribution >= 4 is 23.2 Å². The quantitative estimate of drug-likeness (QED) is 0.683. The first-order valence-corrected chi connectivity index (χ1v) is 9.25. The number of hydrogen-bond acceptors (Lipinski definition) is 3. The van der Waals surface area contributed by atoms with Crippen LogP contribution in [-0.2, 0) is 6.54 Å². The Hall–Kier alpha value is -2.74. The Kier molecular flexibility index (Phi) is 4.89. The van der Waals surface area contributed by atoms with Crippen LogP contribution in [0.15, 0.2) is 41.5 Å². The molecular weight excluding hydrogens is 390 g/mol. The summed E-state index contributed by atoms with van der Waals surface area (Å²) in [7, 11) is 0. The SMILES string of the molecule is O=C(NCC(F)F)c1cn2cc(-c3ccccc3Cl)n(CC3CC3)c(=O)c2n1. The average Bonchev–Trinajstić information content (AvgIpc) is 3.38. The first kappa shape index (κ1) is 18.6. The molecule has 1 aliphatic carbocycles. The van der Waals surface area contributed by atoms with Gasteiger partial charge in [-0.05, 0) is 24.8 Å². The molecule has 2 aromatic heterocycles. The lowest BCUT2D eigenvalue weighted by molar-refractivity contribution is 0.0887. The molecule has 1 aromatic carbocycles. The van der Waals surface area contributed by atoms with E-state index in [0.717, 1.165) is 12.8 Å². The summed E-state index contributed by atoms with van der Waals surface area (Å²) in [6.45, 7) is -0.237. The van der Waals surface area contributed by atoms with Crippen LogP contribution in [0.5, 0.6) is 0 Å². The molecule has 0 atom stereocenters. The van der Waals surface area contributed by atoms with E-state index in [1.807, 2.05) is 12.1 Å². The van der Waals surface area contributed by atoms with Gasteiger partial charge in [-0.15, -0.1) is 0 Å². The number of imidazole rings is 1. The lowest BCUT2D eigenvalue weighted by atomic mass is 10.1. The number of alkyl halides is 2. The van der Waals surface area contributed by atoms with Gasteiger partial charge < -0.3 is 9.88 Å². The molecule has 0 aliphatic heterocycles. The molecule has 1 saturated carbocycles. The highest BCUT2D eigenvalue weighted by Crippen LogP contribution is 2.33. The van der Waals surface area contributed by atoms with Crippen molar-refractivity contribution in [3.8, 4) is 11.3 Å². The summed E-state index contributed by atoms with van der Waals surface area (Å²) in [5.41, 5.74) is 0.941. The maximum Gasteiger partial charge on any atom is 0.294 e. The normalized spacial score (nSPS) is 14.0. The Morgan fingerprint density at radius 2 is 2.04 bits per heavy atom. The first-order valence-electron chi connectivity index (χ1n) is 8.88. The molecule has 3 aromatic rings. The van der Waals surface area contributed by atoms with Crippen molar-refractivity contribution in [1.82, 2.24) is 19.3 Å². The topological polar surface area (TPSA) is 68.4 Å². The van der Waals surface area contributed by atoms with Gasteiger partial charge in [0, 0.05) is 29.5 Å². The molecule has 6 nitrogen and oxygen atoms in total. The molecule has 1 N–H and O–H groups in total. The predicted molar refractivity (Wildman–Crippen MR) is 101 cm³/mol. The van der Waals surface area contributed by atoms with Crippen molar-refractivity contribution in [3.05, 3.63) is 57.7 Å². The second-order valence-corrected chi connectivity index (χ2v) is 7.22. The third kappa shape index (κ3) is 3.64. The van der Waals surface area contributed by atoms with E-state index in [1.165, 1.54) is 10.6 Å². The van der Waals surface area contributed by atoms with Crippen molar-refractivity contribution in [2.75, 3.05) is 6.54 Å². The van der Waals surface area contributed by atoms with Gasteiger partial charge in [0.1, 0.15) is 5.69 Å². The Morgan fingerprint density at radius 3 is 2.71 bits per heavy atom. The number of amides is 1. The van der Waals surface area contributed by atoms with Crippen LogP contribution in [0.3, 0.4) is 0 Å². The summed E-state index contributed by atoms with van der Waals surface area (Å²) in [5, 5.41) is 2.60. The molecule has 0 bridgehead atoms. The van der Waals surface area contributed by atoms with Gasteiger partial charge in [-0.3, -0.25) is 14.0 Å². The predicted octanol–water partition coefficient (Wildman–Crippen LogP) is 3.22. The van der Waals surface area contributed by atoms with Gasteiger partial charge in [-0.1, -0.05) is 29.8 Å². The van der Waals surface area contributed by atoms with Gasteiger partial charge in [0.2, 0.25) is 5.65 Å². The second kappa shape index (κ2) is 7.35. The van der Waals surface area contributed by atoms with E-state index >= 15 is 0 Å². The number of rotatable bonds is 6. The van der Waals surface area contributed by atoms with Gasteiger partial charge in [-0.25, -0.2) is 13.8 Å². The number of carbonyl (C=O) groups excluding carboxylic acids is 1. The zero-order valence-corrected chi connectivity index (χ0v) is 15.5. The lowest BCUT2D eigenvalue weighted by Crippen LogP contribution is -2.28. The van der Waals surface area contributed by atoms with E-state index in [9.17, 15) is 18.4 Å². The van der Waals surface area contributed by atoms with E-state index in [4.69, 9.17) is 11.6 Å². The van der Waals surface area contributed by atoms with Crippen LogP contribution in [0, 0.1) is 5.92 Å². The maximum absolute atomic E-state index is 13.1. The van der Waals surface area contributed by atoms with Gasteiger partial charge in [-0.2, -0.15) is 0 Å². The second-order valence-electron chi connectivity index (χ2n) is 6.81. The zero-order chi connectivity index (χ0) is 19.8. The monoisotopic (exact) mass is 406 g/mol. The van der Waals surface area contributed by atoms with Crippen LogP contribution >= 0.6 is 11.6 Å². The molecule has 2 heterocycles. The molecule has 0 spiro atoms. The van der Waals surface area contributed by atoms with Gasteiger partial charge in [0.25, 0.3) is 17.9 Å². The fourth-order valence-corrected chi connectivity index (χ4v) is 3.31. The summed E-state index contributed by atoms with van der Waals surface area (Å²) in [4.78, 5) is 29.2. The van der Waals surface area contributed by atoms with Crippen LogP contribution in [-0.4, -0.2) is 32.8 Å². The van der Waals surface area contributed by atoms with Crippen LogP contribution in [0.2, 0.25) is 5.02 Å². The third-order valence-electron chi connectivity index (χ3n) is 4.66. The smallest absolute Gasteiger partial charge is 0.294 e. The van der Waals surface area contributed by atoms with Crippen LogP contribution < -0.4 is 10.9 Å². The molecule has 4 rings (SSSR count). The third-order valence-corrected chi connectivity index (χ3v) is 4.99. The lowest BCUT2D eigenvalue weighted by Gasteiger charge is -2.14. The first-order chi connectivity index (χ1) is 13.4. The minimum atomic E-state index is -2.66. The molecule has 28 heavy (non-hydrogen) atoms. The molecule has 1 amide bonds. The minimum Gasteiger partial charge on any atom is -0.345 e. The van der Waals surface area contributed by atoms with E-state index in [2.05, 4.69) is 10.3 Å². The fourth-order valence-electron chi connectivity index (χ4n) is 3.08. The fraction of sp³-hybridized carbons (Fsp3) is 0.316. The molecule has 0 saturated heterocycles. The number of hydrogen-bond donors (Lipinski definition) is 1. The van der Waals surface area contributed by atoms with Crippen molar-refractivity contribution in [3.63, 3.8) is 0 Å². The number of benzene rings is 1. The van der Waals surface area contributed by atoms with Gasteiger partial charge in [0.05, 0.1) is 12.2 Å². The minimum absolute atomic E-state index is 0.0682. The van der Waals surface area contributed by atoms with Crippen molar-refractivity contribution < 1.29 is 13.6 Å². The van der Waals surface area contributed by atoms with Gasteiger partial charge in [0.15, 0.2) is 0 Å². The Bertz CT molecular complexity index is 1100. The van der Waals surface area contributed by atoms with Crippen molar-refractivity contribution in [2.45, 2.75) is 25.8 Å². The highest BCUT2D eigenvalue weighted by Gasteiger charge is 2.25. The number of halogens is 3. The van der Waals surface area contributed by atoms with Crippen LogP contribution in [0.1, 0.15) is 23.3 Å². The highest BCUT2D eigenvalue weighted by atomic mass is 35.5.